The van der Waals surface area contributed by atoms with Crippen molar-refractivity contribution in [1.29, 1.82) is 0 Å². The number of carbonyl (C=O) groups is 2. The molecule has 5 nitrogen and oxygen atoms in total. The molecule has 0 aliphatic rings. The van der Waals surface area contributed by atoms with Crippen LogP contribution in [-0.4, -0.2) is 28.4 Å². The van der Waals surface area contributed by atoms with E-state index < -0.39 is 18.2 Å². The standard InChI is InChI=1S/C8H12O5/c1-5(8(11)12)3-4-7(10)13-6(2)9/h6,9H,1,3-4H2,2H3,(H,11,12). The maximum Gasteiger partial charge on any atom is 0.330 e. The Hall–Kier alpha value is -1.36. The van der Waals surface area contributed by atoms with E-state index in [0.29, 0.717) is 0 Å². The molecule has 0 heterocycles. The van der Waals surface area contributed by atoms with Crippen LogP contribution < -0.4 is 0 Å². The summed E-state index contributed by atoms with van der Waals surface area (Å²) in [6.45, 7) is 4.53. The first-order chi connectivity index (χ1) is 5.93. The number of esters is 1. The predicted octanol–water partition coefficient (Wildman–Crippen LogP) is 0.289. The summed E-state index contributed by atoms with van der Waals surface area (Å²) in [5, 5.41) is 17.0. The van der Waals surface area contributed by atoms with Crippen molar-refractivity contribution in [2.45, 2.75) is 26.1 Å². The Morgan fingerprint density at radius 3 is 2.38 bits per heavy atom. The number of hydrogen-bond donors (Lipinski definition) is 2. The van der Waals surface area contributed by atoms with Crippen LogP contribution in [0.3, 0.4) is 0 Å². The molecule has 0 saturated heterocycles. The van der Waals surface area contributed by atoms with E-state index in [1.807, 2.05) is 0 Å². The molecule has 0 fully saturated rings. The monoisotopic (exact) mass is 188 g/mol. The lowest BCUT2D eigenvalue weighted by atomic mass is 10.2. The number of ether oxygens (including phenoxy) is 1. The van der Waals surface area contributed by atoms with Crippen LogP contribution in [0.2, 0.25) is 0 Å². The average Bonchev–Trinajstić information content (AvgIpc) is 1.98. The van der Waals surface area contributed by atoms with Gasteiger partial charge in [0, 0.05) is 12.0 Å². The Morgan fingerprint density at radius 1 is 1.46 bits per heavy atom. The SMILES string of the molecule is C=C(CCC(=O)OC(C)O)C(=O)O. The number of carbonyl (C=O) groups excluding carboxylic acids is 1. The molecular formula is C8H12O5. The lowest BCUT2D eigenvalue weighted by Gasteiger charge is -2.06. The quantitative estimate of drug-likeness (QED) is 0.368. The summed E-state index contributed by atoms with van der Waals surface area (Å²) in [5.41, 5.74) is -0.0532. The van der Waals surface area contributed by atoms with Gasteiger partial charge in [-0.2, -0.15) is 0 Å². The molecule has 0 aliphatic heterocycles. The van der Waals surface area contributed by atoms with Gasteiger partial charge < -0.3 is 14.9 Å². The molecule has 0 aliphatic carbocycles. The van der Waals surface area contributed by atoms with Crippen molar-refractivity contribution >= 4 is 11.9 Å². The summed E-state index contributed by atoms with van der Waals surface area (Å²) in [6, 6.07) is 0. The molecule has 0 saturated carbocycles. The van der Waals surface area contributed by atoms with Gasteiger partial charge in [-0.1, -0.05) is 6.58 Å². The zero-order valence-electron chi connectivity index (χ0n) is 7.32. The highest BCUT2D eigenvalue weighted by Gasteiger charge is 2.10. The van der Waals surface area contributed by atoms with Gasteiger partial charge in [0.2, 0.25) is 0 Å². The largest absolute Gasteiger partial charge is 0.478 e. The highest BCUT2D eigenvalue weighted by atomic mass is 16.6. The Labute approximate surface area is 75.6 Å². The van der Waals surface area contributed by atoms with Crippen molar-refractivity contribution in [3.8, 4) is 0 Å². The fourth-order valence-corrected chi connectivity index (χ4v) is 0.609. The average molecular weight is 188 g/mol. The minimum Gasteiger partial charge on any atom is -0.478 e. The van der Waals surface area contributed by atoms with Gasteiger partial charge in [-0.15, -0.1) is 0 Å². The molecule has 13 heavy (non-hydrogen) atoms. The van der Waals surface area contributed by atoms with E-state index in [0.717, 1.165) is 0 Å². The van der Waals surface area contributed by atoms with Gasteiger partial charge in [-0.05, 0) is 13.3 Å². The van der Waals surface area contributed by atoms with Crippen molar-refractivity contribution in [3.63, 3.8) is 0 Å². The minimum atomic E-state index is -1.16. The maximum absolute atomic E-state index is 10.8. The first-order valence-electron chi connectivity index (χ1n) is 3.72. The Balaban J connectivity index is 3.71. The lowest BCUT2D eigenvalue weighted by Crippen LogP contribution is -2.14. The molecule has 0 bridgehead atoms. The van der Waals surface area contributed by atoms with Gasteiger partial charge in [0.1, 0.15) is 0 Å². The van der Waals surface area contributed by atoms with Crippen LogP contribution in [0.15, 0.2) is 12.2 Å². The Morgan fingerprint density at radius 2 is 2.00 bits per heavy atom. The second kappa shape index (κ2) is 5.31. The fourth-order valence-electron chi connectivity index (χ4n) is 0.609. The predicted molar refractivity (Wildman–Crippen MR) is 43.8 cm³/mol. The van der Waals surface area contributed by atoms with E-state index in [4.69, 9.17) is 10.2 Å². The van der Waals surface area contributed by atoms with Crippen molar-refractivity contribution in [3.05, 3.63) is 12.2 Å². The van der Waals surface area contributed by atoms with Gasteiger partial charge in [0.25, 0.3) is 0 Å². The number of aliphatic hydroxyl groups is 1. The second-order valence-electron chi connectivity index (χ2n) is 2.50. The number of carboxylic acids is 1. The lowest BCUT2D eigenvalue weighted by molar-refractivity contribution is -0.164. The van der Waals surface area contributed by atoms with Gasteiger partial charge in [-0.3, -0.25) is 4.79 Å². The zero-order chi connectivity index (χ0) is 10.4. The molecule has 1 unspecified atom stereocenters. The zero-order valence-corrected chi connectivity index (χ0v) is 7.32. The normalized spacial score (nSPS) is 11.8. The van der Waals surface area contributed by atoms with Crippen LogP contribution in [0.1, 0.15) is 19.8 Å². The highest BCUT2D eigenvalue weighted by Crippen LogP contribution is 2.04. The molecule has 74 valence electrons. The maximum atomic E-state index is 10.8. The van der Waals surface area contributed by atoms with Crippen LogP contribution in [0.5, 0.6) is 0 Å². The van der Waals surface area contributed by atoms with E-state index in [1.165, 1.54) is 6.92 Å². The fraction of sp³-hybridized carbons (Fsp3) is 0.500. The van der Waals surface area contributed by atoms with Crippen LogP contribution >= 0.6 is 0 Å². The number of aliphatic carboxylic acids is 1. The molecule has 1 atom stereocenters. The van der Waals surface area contributed by atoms with Gasteiger partial charge in [0.05, 0.1) is 0 Å². The third-order valence-electron chi connectivity index (χ3n) is 1.24. The summed E-state index contributed by atoms with van der Waals surface area (Å²) in [5.74, 6) is -1.78. The summed E-state index contributed by atoms with van der Waals surface area (Å²) in [6.07, 6.45) is -1.22. The first kappa shape index (κ1) is 11.6. The van der Waals surface area contributed by atoms with Crippen molar-refractivity contribution in [2.24, 2.45) is 0 Å². The van der Waals surface area contributed by atoms with Gasteiger partial charge in [0.15, 0.2) is 6.29 Å². The molecule has 2 N–H and O–H groups in total. The molecule has 0 aromatic rings. The summed E-state index contributed by atoms with van der Waals surface area (Å²) >= 11 is 0. The van der Waals surface area contributed by atoms with Crippen LogP contribution in [0.4, 0.5) is 0 Å². The van der Waals surface area contributed by atoms with E-state index in [-0.39, 0.29) is 18.4 Å². The van der Waals surface area contributed by atoms with Crippen molar-refractivity contribution < 1.29 is 24.5 Å². The molecule has 0 aromatic carbocycles. The van der Waals surface area contributed by atoms with Gasteiger partial charge >= 0.3 is 11.9 Å². The van der Waals surface area contributed by atoms with Crippen molar-refractivity contribution in [1.82, 2.24) is 0 Å². The van der Waals surface area contributed by atoms with Crippen LogP contribution in [0, 0.1) is 0 Å². The van der Waals surface area contributed by atoms with Gasteiger partial charge in [-0.25, -0.2) is 4.79 Å². The van der Waals surface area contributed by atoms with E-state index in [2.05, 4.69) is 11.3 Å². The summed E-state index contributed by atoms with van der Waals surface area (Å²) in [7, 11) is 0. The second-order valence-corrected chi connectivity index (χ2v) is 2.50. The highest BCUT2D eigenvalue weighted by molar-refractivity contribution is 5.86. The minimum absolute atomic E-state index is 0.0287. The smallest absolute Gasteiger partial charge is 0.330 e. The van der Waals surface area contributed by atoms with E-state index >= 15 is 0 Å². The molecule has 0 rings (SSSR count). The molecule has 0 spiro atoms. The van der Waals surface area contributed by atoms with E-state index in [9.17, 15) is 9.59 Å². The molecule has 0 radical (unpaired) electrons. The third-order valence-corrected chi connectivity index (χ3v) is 1.24. The first-order valence-corrected chi connectivity index (χ1v) is 3.72. The third kappa shape index (κ3) is 5.86. The number of aliphatic hydroxyl groups excluding tert-OH is 1. The van der Waals surface area contributed by atoms with Crippen LogP contribution in [0.25, 0.3) is 0 Å². The van der Waals surface area contributed by atoms with Crippen molar-refractivity contribution in [2.75, 3.05) is 0 Å². The summed E-state index contributed by atoms with van der Waals surface area (Å²) in [4.78, 5) is 21.0. The Kier molecular flexibility index (Phi) is 4.76. The molecule has 5 heteroatoms. The van der Waals surface area contributed by atoms with Crippen LogP contribution in [-0.2, 0) is 14.3 Å². The molecular weight excluding hydrogens is 176 g/mol. The number of rotatable bonds is 5. The molecule has 0 aromatic heterocycles. The summed E-state index contributed by atoms with van der Waals surface area (Å²) < 4.78 is 4.36. The Bertz CT molecular complexity index is 219. The van der Waals surface area contributed by atoms with E-state index in [1.54, 1.807) is 0 Å². The number of hydrogen-bond acceptors (Lipinski definition) is 4. The number of carboxylic acid groups (broad SMARTS) is 1. The topological polar surface area (TPSA) is 83.8 Å². The molecule has 0 amide bonds.